The summed E-state index contributed by atoms with van der Waals surface area (Å²) < 4.78 is 32.4. The van der Waals surface area contributed by atoms with Crippen LogP contribution in [0.1, 0.15) is 0 Å². The highest BCUT2D eigenvalue weighted by Crippen LogP contribution is 2.37. The van der Waals surface area contributed by atoms with Gasteiger partial charge in [-0.1, -0.05) is 11.6 Å². The molecular formula is C13H18ClN3O4S. The highest BCUT2D eigenvalue weighted by atomic mass is 35.5. The van der Waals surface area contributed by atoms with Crippen LogP contribution in [0.25, 0.3) is 0 Å². The molecule has 2 aliphatic rings. The predicted molar refractivity (Wildman–Crippen MR) is 82.5 cm³/mol. The van der Waals surface area contributed by atoms with Gasteiger partial charge in [-0.25, -0.2) is 8.42 Å². The number of anilines is 1. The zero-order valence-electron chi connectivity index (χ0n) is 11.9. The number of nitrogens with two attached hydrogens (primary N) is 1. The second-order valence-corrected chi connectivity index (χ2v) is 7.72. The SMILES string of the molecule is Nc1ccc(Cl)c(S(=O)(=O)N2CCN3CCOCC3C2)c1O. The van der Waals surface area contributed by atoms with E-state index in [0.29, 0.717) is 32.8 Å². The average Bonchev–Trinajstić information content (AvgIpc) is 2.50. The number of ether oxygens (including phenoxy) is 1. The number of phenolic OH excluding ortho intramolecular Hbond substituents is 1. The standard InChI is InChI=1S/C13H18ClN3O4S/c14-10-1-2-11(15)12(18)13(10)22(19,20)17-4-3-16-5-6-21-8-9(16)7-17/h1-2,9,18H,3-8,15H2. The first-order valence-electron chi connectivity index (χ1n) is 7.00. The van der Waals surface area contributed by atoms with Crippen LogP contribution in [-0.2, 0) is 14.8 Å². The molecule has 0 bridgehead atoms. The Morgan fingerprint density at radius 2 is 2.09 bits per heavy atom. The van der Waals surface area contributed by atoms with Crippen LogP contribution in [0.15, 0.2) is 17.0 Å². The van der Waals surface area contributed by atoms with E-state index in [0.717, 1.165) is 6.54 Å². The monoisotopic (exact) mass is 347 g/mol. The van der Waals surface area contributed by atoms with E-state index in [1.807, 2.05) is 0 Å². The van der Waals surface area contributed by atoms with Gasteiger partial charge in [0.05, 0.1) is 23.9 Å². The number of fused-ring (bicyclic) bond motifs is 1. The predicted octanol–water partition coefficient (Wildman–Crippen LogP) is 0.333. The van der Waals surface area contributed by atoms with Crippen LogP contribution in [0.4, 0.5) is 5.69 Å². The third-order valence-corrected chi connectivity index (χ3v) is 6.48. The molecule has 0 radical (unpaired) electrons. The molecule has 122 valence electrons. The third-order valence-electron chi connectivity index (χ3n) is 4.11. The average molecular weight is 348 g/mol. The summed E-state index contributed by atoms with van der Waals surface area (Å²) in [6.07, 6.45) is 0. The fourth-order valence-corrected chi connectivity index (χ4v) is 4.94. The molecule has 3 N–H and O–H groups in total. The van der Waals surface area contributed by atoms with Gasteiger partial charge in [0.25, 0.3) is 0 Å². The van der Waals surface area contributed by atoms with E-state index in [-0.39, 0.29) is 21.6 Å². The maximum atomic E-state index is 12.8. The largest absolute Gasteiger partial charge is 0.504 e. The molecular weight excluding hydrogens is 330 g/mol. The Bertz CT molecular complexity index is 682. The van der Waals surface area contributed by atoms with Crippen LogP contribution >= 0.6 is 11.6 Å². The number of halogens is 1. The van der Waals surface area contributed by atoms with Crippen molar-refractivity contribution in [2.75, 3.05) is 45.1 Å². The Kier molecular flexibility index (Phi) is 4.21. The lowest BCUT2D eigenvalue weighted by Crippen LogP contribution is -2.59. The number of piperazine rings is 1. The van der Waals surface area contributed by atoms with E-state index >= 15 is 0 Å². The highest BCUT2D eigenvalue weighted by molar-refractivity contribution is 7.89. The summed E-state index contributed by atoms with van der Waals surface area (Å²) in [5.74, 6) is -0.491. The van der Waals surface area contributed by atoms with Crippen molar-refractivity contribution in [3.05, 3.63) is 17.2 Å². The zero-order valence-corrected chi connectivity index (χ0v) is 13.5. The lowest BCUT2D eigenvalue weighted by molar-refractivity contribution is -0.0304. The fourth-order valence-electron chi connectivity index (χ4n) is 2.87. The summed E-state index contributed by atoms with van der Waals surface area (Å²) in [6.45, 7) is 3.28. The maximum Gasteiger partial charge on any atom is 0.248 e. The van der Waals surface area contributed by atoms with Gasteiger partial charge in [0.2, 0.25) is 10.0 Å². The summed E-state index contributed by atoms with van der Waals surface area (Å²) >= 11 is 5.99. The van der Waals surface area contributed by atoms with Gasteiger partial charge in [0.1, 0.15) is 4.90 Å². The van der Waals surface area contributed by atoms with Crippen molar-refractivity contribution in [3.63, 3.8) is 0 Å². The molecule has 7 nitrogen and oxygen atoms in total. The van der Waals surface area contributed by atoms with E-state index < -0.39 is 15.8 Å². The Morgan fingerprint density at radius 3 is 2.86 bits per heavy atom. The fraction of sp³-hybridized carbons (Fsp3) is 0.538. The Labute approximate surface area is 134 Å². The van der Waals surface area contributed by atoms with Crippen molar-refractivity contribution >= 4 is 27.3 Å². The topological polar surface area (TPSA) is 96.1 Å². The number of rotatable bonds is 2. The molecule has 3 rings (SSSR count). The van der Waals surface area contributed by atoms with Gasteiger partial charge in [-0.05, 0) is 12.1 Å². The highest BCUT2D eigenvalue weighted by Gasteiger charge is 2.38. The van der Waals surface area contributed by atoms with Gasteiger partial charge >= 0.3 is 0 Å². The van der Waals surface area contributed by atoms with E-state index in [2.05, 4.69) is 4.90 Å². The number of aromatic hydroxyl groups is 1. The second-order valence-electron chi connectivity index (χ2n) is 5.44. The van der Waals surface area contributed by atoms with E-state index in [9.17, 15) is 13.5 Å². The van der Waals surface area contributed by atoms with Gasteiger partial charge in [0.15, 0.2) is 5.75 Å². The summed E-state index contributed by atoms with van der Waals surface area (Å²) in [5, 5.41) is 9.99. The Balaban J connectivity index is 1.92. The normalized spacial score (nSPS) is 24.1. The van der Waals surface area contributed by atoms with E-state index in [4.69, 9.17) is 22.1 Å². The van der Waals surface area contributed by atoms with Crippen molar-refractivity contribution in [3.8, 4) is 5.75 Å². The van der Waals surface area contributed by atoms with Crippen molar-refractivity contribution in [2.24, 2.45) is 0 Å². The number of morpholine rings is 1. The van der Waals surface area contributed by atoms with E-state index in [1.54, 1.807) is 0 Å². The molecule has 0 spiro atoms. The van der Waals surface area contributed by atoms with Crippen LogP contribution < -0.4 is 5.73 Å². The molecule has 2 heterocycles. The number of hydrogen-bond acceptors (Lipinski definition) is 6. The minimum Gasteiger partial charge on any atom is -0.504 e. The molecule has 1 aromatic carbocycles. The molecule has 0 aliphatic carbocycles. The molecule has 22 heavy (non-hydrogen) atoms. The lowest BCUT2D eigenvalue weighted by atomic mass is 10.2. The van der Waals surface area contributed by atoms with E-state index in [1.165, 1.54) is 16.4 Å². The Hall–Kier alpha value is -1.06. The van der Waals surface area contributed by atoms with Crippen LogP contribution in [0.5, 0.6) is 5.75 Å². The molecule has 0 saturated carbocycles. The van der Waals surface area contributed by atoms with Gasteiger partial charge in [0, 0.05) is 32.2 Å². The molecule has 0 amide bonds. The summed E-state index contributed by atoms with van der Waals surface area (Å²) in [5.41, 5.74) is 5.59. The number of nitrogens with zero attached hydrogens (tertiary/aromatic N) is 2. The molecule has 1 unspecified atom stereocenters. The van der Waals surface area contributed by atoms with Crippen molar-refractivity contribution < 1.29 is 18.3 Å². The number of benzene rings is 1. The van der Waals surface area contributed by atoms with Crippen molar-refractivity contribution in [1.29, 1.82) is 0 Å². The quantitative estimate of drug-likeness (QED) is 0.591. The van der Waals surface area contributed by atoms with Crippen LogP contribution in [0.2, 0.25) is 5.02 Å². The third kappa shape index (κ3) is 2.65. The first-order chi connectivity index (χ1) is 10.4. The molecule has 2 saturated heterocycles. The molecule has 9 heteroatoms. The van der Waals surface area contributed by atoms with Crippen LogP contribution in [0.3, 0.4) is 0 Å². The van der Waals surface area contributed by atoms with Gasteiger partial charge in [-0.3, -0.25) is 4.90 Å². The van der Waals surface area contributed by atoms with Crippen molar-refractivity contribution in [1.82, 2.24) is 9.21 Å². The van der Waals surface area contributed by atoms with Crippen LogP contribution in [-0.4, -0.2) is 68.2 Å². The van der Waals surface area contributed by atoms with Gasteiger partial charge in [-0.15, -0.1) is 0 Å². The minimum atomic E-state index is -3.91. The number of phenols is 1. The molecule has 1 aromatic rings. The zero-order chi connectivity index (χ0) is 15.9. The molecule has 1 atom stereocenters. The summed E-state index contributed by atoms with van der Waals surface area (Å²) in [6, 6.07) is 2.78. The first kappa shape index (κ1) is 15.8. The molecule has 2 aliphatic heterocycles. The van der Waals surface area contributed by atoms with Gasteiger partial charge < -0.3 is 15.6 Å². The molecule has 2 fully saturated rings. The Morgan fingerprint density at radius 1 is 1.32 bits per heavy atom. The second kappa shape index (κ2) is 5.86. The molecule has 0 aromatic heterocycles. The number of sulfonamides is 1. The van der Waals surface area contributed by atoms with Crippen LogP contribution in [0, 0.1) is 0 Å². The minimum absolute atomic E-state index is 0.0115. The smallest absolute Gasteiger partial charge is 0.248 e. The van der Waals surface area contributed by atoms with Gasteiger partial charge in [-0.2, -0.15) is 4.31 Å². The maximum absolute atomic E-state index is 12.8. The first-order valence-corrected chi connectivity index (χ1v) is 8.82. The lowest BCUT2D eigenvalue weighted by Gasteiger charge is -2.43. The number of hydrogen-bond donors (Lipinski definition) is 2. The summed E-state index contributed by atoms with van der Waals surface area (Å²) in [4.78, 5) is 1.90. The number of nitrogen functional groups attached to an aromatic ring is 1. The summed E-state index contributed by atoms with van der Waals surface area (Å²) in [7, 11) is -3.91. The van der Waals surface area contributed by atoms with Crippen molar-refractivity contribution in [2.45, 2.75) is 10.9 Å².